The number of tetrazole rings is 1. The predicted molar refractivity (Wildman–Crippen MR) is 98.8 cm³/mol. The van der Waals surface area contributed by atoms with E-state index in [1.165, 1.54) is 11.9 Å². The highest BCUT2D eigenvalue weighted by atomic mass is 16.5. The standard InChI is InChI=1S/C19H20N6O3/c26-19(12-28-17-3-1-16(2-4-17)25-13-21-23-24-25)22-18-11-27-10-15(18)9-14-5-7-20-8-6-14/h1-8,13,15,18H,9-12H2,(H,22,26)/t15-,18+/m1/s1. The number of carbonyl (C=O) groups excluding carboxylic acids is 1. The van der Waals surface area contributed by atoms with Crippen LogP contribution >= 0.6 is 0 Å². The molecule has 1 aromatic carbocycles. The average molecular weight is 380 g/mol. The SMILES string of the molecule is O=C(COc1ccc(-n2cnnn2)cc1)N[C@H]1COC[C@H]1Cc1ccncc1. The van der Waals surface area contributed by atoms with E-state index in [2.05, 4.69) is 25.8 Å². The molecule has 4 rings (SSSR count). The molecule has 0 unspecified atom stereocenters. The molecule has 2 aromatic heterocycles. The molecule has 0 saturated carbocycles. The lowest BCUT2D eigenvalue weighted by atomic mass is 9.95. The van der Waals surface area contributed by atoms with Crippen LogP contribution in [0.25, 0.3) is 5.69 Å². The van der Waals surface area contributed by atoms with Crippen molar-refractivity contribution in [3.63, 3.8) is 0 Å². The van der Waals surface area contributed by atoms with Gasteiger partial charge in [-0.1, -0.05) is 0 Å². The summed E-state index contributed by atoms with van der Waals surface area (Å²) in [4.78, 5) is 16.3. The molecule has 0 spiro atoms. The number of rotatable bonds is 7. The second kappa shape index (κ2) is 8.57. The molecule has 144 valence electrons. The zero-order valence-corrected chi connectivity index (χ0v) is 15.1. The van der Waals surface area contributed by atoms with Crippen LogP contribution in [0, 0.1) is 5.92 Å². The number of pyridine rings is 1. The van der Waals surface area contributed by atoms with Crippen LogP contribution in [0.5, 0.6) is 5.75 Å². The van der Waals surface area contributed by atoms with E-state index < -0.39 is 0 Å². The fourth-order valence-electron chi connectivity index (χ4n) is 3.15. The van der Waals surface area contributed by atoms with Gasteiger partial charge in [-0.15, -0.1) is 5.10 Å². The Kier molecular flexibility index (Phi) is 5.53. The molecule has 1 amide bonds. The van der Waals surface area contributed by atoms with Crippen molar-refractivity contribution in [2.75, 3.05) is 19.8 Å². The fourth-order valence-corrected chi connectivity index (χ4v) is 3.15. The number of hydrogen-bond acceptors (Lipinski definition) is 7. The predicted octanol–water partition coefficient (Wildman–Crippen LogP) is 0.810. The van der Waals surface area contributed by atoms with Gasteiger partial charge in [0, 0.05) is 18.3 Å². The van der Waals surface area contributed by atoms with Crippen LogP contribution in [0.2, 0.25) is 0 Å². The maximum atomic E-state index is 12.3. The first-order chi connectivity index (χ1) is 13.8. The Bertz CT molecular complexity index is 886. The van der Waals surface area contributed by atoms with Gasteiger partial charge in [-0.25, -0.2) is 4.68 Å². The Balaban J connectivity index is 1.27. The number of amides is 1. The number of benzene rings is 1. The maximum Gasteiger partial charge on any atom is 0.258 e. The van der Waals surface area contributed by atoms with Gasteiger partial charge in [-0.05, 0) is 58.8 Å². The van der Waals surface area contributed by atoms with Crippen LogP contribution in [0.4, 0.5) is 0 Å². The molecule has 3 heterocycles. The molecule has 9 heteroatoms. The van der Waals surface area contributed by atoms with E-state index in [0.717, 1.165) is 12.1 Å². The lowest BCUT2D eigenvalue weighted by Crippen LogP contribution is -2.42. The summed E-state index contributed by atoms with van der Waals surface area (Å²) < 4.78 is 12.7. The highest BCUT2D eigenvalue weighted by molar-refractivity contribution is 5.78. The highest BCUT2D eigenvalue weighted by Crippen LogP contribution is 2.19. The van der Waals surface area contributed by atoms with E-state index in [9.17, 15) is 4.79 Å². The number of carbonyl (C=O) groups is 1. The Morgan fingerprint density at radius 2 is 2.00 bits per heavy atom. The summed E-state index contributed by atoms with van der Waals surface area (Å²) in [7, 11) is 0. The molecule has 0 aliphatic carbocycles. The van der Waals surface area contributed by atoms with E-state index in [-0.39, 0.29) is 24.5 Å². The first-order valence-corrected chi connectivity index (χ1v) is 9.00. The Morgan fingerprint density at radius 3 is 2.75 bits per heavy atom. The maximum absolute atomic E-state index is 12.3. The quantitative estimate of drug-likeness (QED) is 0.647. The minimum Gasteiger partial charge on any atom is -0.484 e. The monoisotopic (exact) mass is 380 g/mol. The summed E-state index contributed by atoms with van der Waals surface area (Å²) in [5.41, 5.74) is 1.99. The average Bonchev–Trinajstić information content (AvgIpc) is 3.41. The molecule has 1 N–H and O–H groups in total. The summed E-state index contributed by atoms with van der Waals surface area (Å²) in [6.45, 7) is 1.09. The topological polar surface area (TPSA) is 104 Å². The van der Waals surface area contributed by atoms with Crippen LogP contribution < -0.4 is 10.1 Å². The molecule has 1 fully saturated rings. The Morgan fingerprint density at radius 1 is 1.18 bits per heavy atom. The molecule has 3 aromatic rings. The van der Waals surface area contributed by atoms with Crippen molar-refractivity contribution in [3.05, 3.63) is 60.7 Å². The first-order valence-electron chi connectivity index (χ1n) is 9.00. The smallest absolute Gasteiger partial charge is 0.258 e. The van der Waals surface area contributed by atoms with Gasteiger partial charge in [0.15, 0.2) is 6.61 Å². The molecule has 2 atom stereocenters. The molecule has 1 aliphatic heterocycles. The van der Waals surface area contributed by atoms with E-state index in [0.29, 0.717) is 19.0 Å². The summed E-state index contributed by atoms with van der Waals surface area (Å²) in [6.07, 6.45) is 5.90. The van der Waals surface area contributed by atoms with Crippen molar-refractivity contribution in [1.82, 2.24) is 30.5 Å². The fraction of sp³-hybridized carbons (Fsp3) is 0.316. The Labute approximate surface area is 161 Å². The Hall–Kier alpha value is -3.33. The third-order valence-electron chi connectivity index (χ3n) is 4.61. The molecule has 28 heavy (non-hydrogen) atoms. The number of hydrogen-bond donors (Lipinski definition) is 1. The van der Waals surface area contributed by atoms with Gasteiger partial charge in [0.25, 0.3) is 5.91 Å². The van der Waals surface area contributed by atoms with Crippen LogP contribution in [-0.2, 0) is 16.0 Å². The number of aromatic nitrogens is 5. The molecule has 9 nitrogen and oxygen atoms in total. The summed E-state index contributed by atoms with van der Waals surface area (Å²) in [6, 6.07) is 11.1. The molecule has 0 radical (unpaired) electrons. The van der Waals surface area contributed by atoms with Crippen molar-refractivity contribution in [2.24, 2.45) is 5.92 Å². The zero-order valence-electron chi connectivity index (χ0n) is 15.1. The molecular formula is C19H20N6O3. The van der Waals surface area contributed by atoms with Crippen molar-refractivity contribution in [1.29, 1.82) is 0 Å². The van der Waals surface area contributed by atoms with Crippen LogP contribution in [0.1, 0.15) is 5.56 Å². The largest absolute Gasteiger partial charge is 0.484 e. The minimum atomic E-state index is -0.167. The van der Waals surface area contributed by atoms with E-state index in [4.69, 9.17) is 9.47 Å². The number of nitrogens with one attached hydrogen (secondary N) is 1. The van der Waals surface area contributed by atoms with Crippen molar-refractivity contribution in [2.45, 2.75) is 12.5 Å². The van der Waals surface area contributed by atoms with E-state index in [1.54, 1.807) is 29.2 Å². The van der Waals surface area contributed by atoms with E-state index >= 15 is 0 Å². The second-order valence-corrected chi connectivity index (χ2v) is 6.57. The zero-order chi connectivity index (χ0) is 19.2. The van der Waals surface area contributed by atoms with Gasteiger partial charge in [0.1, 0.15) is 12.1 Å². The van der Waals surface area contributed by atoms with Gasteiger partial charge in [0.05, 0.1) is 24.9 Å². The van der Waals surface area contributed by atoms with Gasteiger partial charge < -0.3 is 14.8 Å². The normalized spacial score (nSPS) is 18.7. The number of nitrogens with zero attached hydrogens (tertiary/aromatic N) is 5. The highest BCUT2D eigenvalue weighted by Gasteiger charge is 2.29. The first kappa shape index (κ1) is 18.1. The summed E-state index contributed by atoms with van der Waals surface area (Å²) in [5, 5.41) is 14.0. The van der Waals surface area contributed by atoms with Crippen molar-refractivity contribution in [3.8, 4) is 11.4 Å². The summed E-state index contributed by atoms with van der Waals surface area (Å²) >= 11 is 0. The van der Waals surface area contributed by atoms with Crippen LogP contribution in [-0.4, -0.2) is 57.0 Å². The van der Waals surface area contributed by atoms with Crippen molar-refractivity contribution >= 4 is 5.91 Å². The third kappa shape index (κ3) is 4.49. The number of ether oxygens (including phenoxy) is 2. The van der Waals surface area contributed by atoms with Crippen molar-refractivity contribution < 1.29 is 14.3 Å². The molecule has 0 bridgehead atoms. The van der Waals surface area contributed by atoms with Gasteiger partial charge in [-0.3, -0.25) is 9.78 Å². The molecular weight excluding hydrogens is 360 g/mol. The molecule has 1 aliphatic rings. The lowest BCUT2D eigenvalue weighted by Gasteiger charge is -2.19. The van der Waals surface area contributed by atoms with Gasteiger partial charge in [0.2, 0.25) is 0 Å². The van der Waals surface area contributed by atoms with E-state index in [1.807, 2.05) is 24.3 Å². The lowest BCUT2D eigenvalue weighted by molar-refractivity contribution is -0.124. The third-order valence-corrected chi connectivity index (χ3v) is 4.61. The van der Waals surface area contributed by atoms with Gasteiger partial charge >= 0.3 is 0 Å². The second-order valence-electron chi connectivity index (χ2n) is 6.57. The minimum absolute atomic E-state index is 0.0218. The summed E-state index contributed by atoms with van der Waals surface area (Å²) in [5.74, 6) is 0.671. The van der Waals surface area contributed by atoms with Gasteiger partial charge in [-0.2, -0.15) is 0 Å². The van der Waals surface area contributed by atoms with Crippen LogP contribution in [0.3, 0.4) is 0 Å². The van der Waals surface area contributed by atoms with Crippen LogP contribution in [0.15, 0.2) is 55.1 Å². The molecule has 1 saturated heterocycles.